The zero-order valence-corrected chi connectivity index (χ0v) is 10.5. The predicted octanol–water partition coefficient (Wildman–Crippen LogP) is 2.59. The summed E-state index contributed by atoms with van der Waals surface area (Å²) in [7, 11) is 1.50. The molecule has 2 aromatic rings. The van der Waals surface area contributed by atoms with Crippen molar-refractivity contribution in [3.8, 4) is 11.5 Å². The third-order valence-electron chi connectivity index (χ3n) is 2.58. The minimum atomic E-state index is -0.441. The first-order chi connectivity index (χ1) is 9.22. The number of rotatable bonds is 4. The van der Waals surface area contributed by atoms with Crippen LogP contribution in [0.3, 0.4) is 0 Å². The zero-order chi connectivity index (χ0) is 13.7. The van der Waals surface area contributed by atoms with Gasteiger partial charge in [0.25, 0.3) is 5.91 Å². The van der Waals surface area contributed by atoms with Gasteiger partial charge in [0.15, 0.2) is 0 Å². The fraction of sp³-hybridized carbons (Fsp3) is 0.0667. The summed E-state index contributed by atoms with van der Waals surface area (Å²) in [5.41, 5.74) is 0.347. The zero-order valence-electron chi connectivity index (χ0n) is 10.5. The molecule has 4 heteroatoms. The summed E-state index contributed by atoms with van der Waals surface area (Å²) in [6.07, 6.45) is 0. The van der Waals surface area contributed by atoms with Gasteiger partial charge in [-0.3, -0.25) is 10.2 Å². The highest BCUT2D eigenvalue weighted by Crippen LogP contribution is 2.25. The highest BCUT2D eigenvalue weighted by molar-refractivity contribution is 6.44. The number of hydrogen-bond donors (Lipinski definition) is 2. The predicted molar refractivity (Wildman–Crippen MR) is 73.9 cm³/mol. The first-order valence-electron chi connectivity index (χ1n) is 5.85. The van der Waals surface area contributed by atoms with Gasteiger partial charge in [0.1, 0.15) is 17.2 Å². The van der Waals surface area contributed by atoms with Gasteiger partial charge in [0, 0.05) is 12.6 Å². The van der Waals surface area contributed by atoms with Crippen LogP contribution in [-0.4, -0.2) is 18.7 Å². The maximum absolute atomic E-state index is 11.5. The second-order valence-corrected chi connectivity index (χ2v) is 3.87. The number of carbonyl (C=O) groups excluding carboxylic acids is 1. The van der Waals surface area contributed by atoms with Gasteiger partial charge in [0.2, 0.25) is 0 Å². The largest absolute Gasteiger partial charge is 0.457 e. The second kappa shape index (κ2) is 5.82. The maximum atomic E-state index is 11.5. The van der Waals surface area contributed by atoms with Crippen LogP contribution in [0.4, 0.5) is 0 Å². The smallest absolute Gasteiger partial charge is 0.269 e. The van der Waals surface area contributed by atoms with E-state index < -0.39 is 5.91 Å². The Kier molecular flexibility index (Phi) is 3.93. The molecule has 4 nitrogen and oxygen atoms in total. The lowest BCUT2D eigenvalue weighted by atomic mass is 10.1. The third-order valence-corrected chi connectivity index (χ3v) is 2.58. The monoisotopic (exact) mass is 254 g/mol. The van der Waals surface area contributed by atoms with Crippen LogP contribution < -0.4 is 10.1 Å². The number of benzene rings is 2. The van der Waals surface area contributed by atoms with Crippen molar-refractivity contribution in [1.82, 2.24) is 5.32 Å². The second-order valence-electron chi connectivity index (χ2n) is 3.87. The number of nitrogens with one attached hydrogen (secondary N) is 2. The molecular formula is C15H14N2O2. The Labute approximate surface area is 111 Å². The molecule has 0 atom stereocenters. The molecule has 0 bridgehead atoms. The van der Waals surface area contributed by atoms with E-state index in [9.17, 15) is 4.79 Å². The van der Waals surface area contributed by atoms with Crippen LogP contribution in [0, 0.1) is 5.41 Å². The van der Waals surface area contributed by atoms with E-state index in [0.29, 0.717) is 17.1 Å². The van der Waals surface area contributed by atoms with E-state index in [0.717, 1.165) is 0 Å². The molecule has 0 saturated heterocycles. The number of likely N-dealkylation sites (N-methyl/N-ethyl adjacent to an activating group) is 1. The summed E-state index contributed by atoms with van der Waals surface area (Å²) >= 11 is 0. The number of ether oxygens (including phenoxy) is 1. The quantitative estimate of drug-likeness (QED) is 0.824. The van der Waals surface area contributed by atoms with Crippen LogP contribution in [-0.2, 0) is 4.79 Å². The average molecular weight is 254 g/mol. The molecule has 0 unspecified atom stereocenters. The van der Waals surface area contributed by atoms with Gasteiger partial charge in [0.05, 0.1) is 0 Å². The van der Waals surface area contributed by atoms with Crippen molar-refractivity contribution in [3.63, 3.8) is 0 Å². The van der Waals surface area contributed by atoms with Crippen molar-refractivity contribution in [2.45, 2.75) is 0 Å². The minimum Gasteiger partial charge on any atom is -0.457 e. The third kappa shape index (κ3) is 2.98. The van der Waals surface area contributed by atoms with E-state index in [-0.39, 0.29) is 5.71 Å². The molecule has 1 amide bonds. The van der Waals surface area contributed by atoms with Gasteiger partial charge >= 0.3 is 0 Å². The molecular weight excluding hydrogens is 240 g/mol. The molecule has 0 saturated carbocycles. The summed E-state index contributed by atoms with van der Waals surface area (Å²) in [5.74, 6) is 0.714. The van der Waals surface area contributed by atoms with Crippen LogP contribution in [0.2, 0.25) is 0 Å². The molecule has 0 heterocycles. The highest BCUT2D eigenvalue weighted by atomic mass is 16.5. The molecule has 0 aliphatic carbocycles. The van der Waals surface area contributed by atoms with Crippen LogP contribution in [0.1, 0.15) is 5.56 Å². The first kappa shape index (κ1) is 12.8. The Morgan fingerprint density at radius 1 is 1.05 bits per heavy atom. The van der Waals surface area contributed by atoms with Crippen molar-refractivity contribution in [2.75, 3.05) is 7.05 Å². The number of hydrogen-bond acceptors (Lipinski definition) is 3. The van der Waals surface area contributed by atoms with Crippen LogP contribution in [0.15, 0.2) is 54.6 Å². The Hall–Kier alpha value is -2.62. The van der Waals surface area contributed by atoms with E-state index in [4.69, 9.17) is 10.1 Å². The lowest BCUT2D eigenvalue weighted by molar-refractivity contribution is -0.114. The number of para-hydroxylation sites is 2. The maximum Gasteiger partial charge on any atom is 0.269 e. The van der Waals surface area contributed by atoms with Crippen molar-refractivity contribution in [1.29, 1.82) is 5.41 Å². The standard InChI is InChI=1S/C15H14N2O2/c1-17-15(18)14(16)12-9-5-6-10-13(12)19-11-7-3-2-4-8-11/h2-10,16H,1H3,(H,17,18). The van der Waals surface area contributed by atoms with Gasteiger partial charge in [-0.2, -0.15) is 0 Å². The van der Waals surface area contributed by atoms with E-state index >= 15 is 0 Å². The summed E-state index contributed by atoms with van der Waals surface area (Å²) in [4.78, 5) is 11.5. The lowest BCUT2D eigenvalue weighted by Gasteiger charge is -2.11. The Morgan fingerprint density at radius 2 is 1.68 bits per heavy atom. The Morgan fingerprint density at radius 3 is 2.37 bits per heavy atom. The molecule has 0 spiro atoms. The molecule has 96 valence electrons. The molecule has 19 heavy (non-hydrogen) atoms. The fourth-order valence-corrected chi connectivity index (χ4v) is 1.62. The van der Waals surface area contributed by atoms with Crippen LogP contribution in [0.5, 0.6) is 11.5 Å². The Balaban J connectivity index is 2.31. The molecule has 0 aromatic heterocycles. The molecule has 0 aliphatic heterocycles. The van der Waals surface area contributed by atoms with Crippen molar-refractivity contribution >= 4 is 11.6 Å². The molecule has 2 rings (SSSR count). The minimum absolute atomic E-state index is 0.117. The summed E-state index contributed by atoms with van der Waals surface area (Å²) in [5, 5.41) is 10.3. The van der Waals surface area contributed by atoms with Gasteiger partial charge in [-0.15, -0.1) is 0 Å². The molecule has 2 aromatic carbocycles. The Bertz CT molecular complexity index is 594. The van der Waals surface area contributed by atoms with E-state index in [1.165, 1.54) is 7.05 Å². The van der Waals surface area contributed by atoms with Crippen molar-refractivity contribution in [2.24, 2.45) is 0 Å². The van der Waals surface area contributed by atoms with Gasteiger partial charge < -0.3 is 10.1 Å². The van der Waals surface area contributed by atoms with Gasteiger partial charge in [-0.05, 0) is 24.3 Å². The van der Waals surface area contributed by atoms with Crippen molar-refractivity contribution < 1.29 is 9.53 Å². The van der Waals surface area contributed by atoms with Gasteiger partial charge in [-0.1, -0.05) is 30.3 Å². The topological polar surface area (TPSA) is 62.2 Å². The molecule has 0 radical (unpaired) electrons. The summed E-state index contributed by atoms with van der Waals surface area (Å²) < 4.78 is 5.70. The first-order valence-corrected chi connectivity index (χ1v) is 5.85. The van der Waals surface area contributed by atoms with E-state index in [2.05, 4.69) is 5.32 Å². The summed E-state index contributed by atoms with van der Waals surface area (Å²) in [6, 6.07) is 16.3. The molecule has 0 aliphatic rings. The number of amides is 1. The molecule has 2 N–H and O–H groups in total. The molecule has 0 fully saturated rings. The van der Waals surface area contributed by atoms with E-state index in [1.54, 1.807) is 24.3 Å². The number of carbonyl (C=O) groups is 1. The highest BCUT2D eigenvalue weighted by Gasteiger charge is 2.15. The van der Waals surface area contributed by atoms with E-state index in [1.807, 2.05) is 30.3 Å². The van der Waals surface area contributed by atoms with Crippen molar-refractivity contribution in [3.05, 3.63) is 60.2 Å². The van der Waals surface area contributed by atoms with Crippen LogP contribution >= 0.6 is 0 Å². The average Bonchev–Trinajstić information content (AvgIpc) is 2.47. The SMILES string of the molecule is CNC(=O)C(=N)c1ccccc1Oc1ccccc1. The summed E-state index contributed by atoms with van der Waals surface area (Å²) in [6.45, 7) is 0. The lowest BCUT2D eigenvalue weighted by Crippen LogP contribution is -2.27. The van der Waals surface area contributed by atoms with Gasteiger partial charge in [-0.25, -0.2) is 0 Å². The fourth-order valence-electron chi connectivity index (χ4n) is 1.62. The normalized spacial score (nSPS) is 9.74. The van der Waals surface area contributed by atoms with Crippen LogP contribution in [0.25, 0.3) is 0 Å².